The standard InChI is InChI=1S/C26H26N4O8S/c1-17-4-10-22(15-23(17)30(32)33)39(34,35)29(20-6-8-21(36-3)9-7-20)16-26(31)28-27-18(2)19-5-11-24-25(14-19)38-13-12-37-24/h4-11,14-15H,12-13,16H2,1-3H3,(H,28,31)/b27-18-. The zero-order valence-corrected chi connectivity index (χ0v) is 22.2. The third-order valence-corrected chi connectivity index (χ3v) is 7.69. The fraction of sp³-hybridized carbons (Fsp3) is 0.231. The first-order chi connectivity index (χ1) is 18.6. The predicted octanol–water partition coefficient (Wildman–Crippen LogP) is 3.42. The van der Waals surface area contributed by atoms with Crippen molar-refractivity contribution in [3.05, 3.63) is 81.9 Å². The Balaban J connectivity index is 1.61. The molecule has 3 aromatic rings. The van der Waals surface area contributed by atoms with E-state index in [1.54, 1.807) is 25.1 Å². The number of amides is 1. The van der Waals surface area contributed by atoms with Crippen LogP contribution in [-0.4, -0.2) is 51.8 Å². The molecule has 13 heteroatoms. The summed E-state index contributed by atoms with van der Waals surface area (Å²) in [6, 6.07) is 14.8. The van der Waals surface area contributed by atoms with Gasteiger partial charge in [0.15, 0.2) is 11.5 Å². The second-order valence-electron chi connectivity index (χ2n) is 8.51. The topological polar surface area (TPSA) is 150 Å². The lowest BCUT2D eigenvalue weighted by atomic mass is 10.1. The van der Waals surface area contributed by atoms with Gasteiger partial charge in [-0.2, -0.15) is 5.10 Å². The van der Waals surface area contributed by atoms with Gasteiger partial charge in [0.05, 0.1) is 28.3 Å². The van der Waals surface area contributed by atoms with Crippen LogP contribution in [0.2, 0.25) is 0 Å². The molecule has 0 saturated carbocycles. The number of ether oxygens (including phenoxy) is 3. The number of nitro groups is 1. The Morgan fingerprint density at radius 1 is 1.08 bits per heavy atom. The van der Waals surface area contributed by atoms with Crippen molar-refractivity contribution in [2.75, 3.05) is 31.2 Å². The maximum Gasteiger partial charge on any atom is 0.273 e. The van der Waals surface area contributed by atoms with E-state index in [0.717, 1.165) is 10.4 Å². The van der Waals surface area contributed by atoms with E-state index in [1.165, 1.54) is 50.4 Å². The number of carbonyl (C=O) groups is 1. The number of nitrogens with zero attached hydrogens (tertiary/aromatic N) is 3. The first-order valence-electron chi connectivity index (χ1n) is 11.7. The highest BCUT2D eigenvalue weighted by Crippen LogP contribution is 2.31. The molecule has 0 unspecified atom stereocenters. The van der Waals surface area contributed by atoms with Crippen LogP contribution in [0, 0.1) is 17.0 Å². The van der Waals surface area contributed by atoms with E-state index in [1.807, 2.05) is 0 Å². The number of carbonyl (C=O) groups excluding carboxylic acids is 1. The molecule has 39 heavy (non-hydrogen) atoms. The van der Waals surface area contributed by atoms with Gasteiger partial charge in [0.2, 0.25) is 0 Å². The fourth-order valence-electron chi connectivity index (χ4n) is 3.78. The smallest absolute Gasteiger partial charge is 0.273 e. The van der Waals surface area contributed by atoms with Crippen LogP contribution >= 0.6 is 0 Å². The Morgan fingerprint density at radius 2 is 1.77 bits per heavy atom. The van der Waals surface area contributed by atoms with Gasteiger partial charge in [-0.25, -0.2) is 13.8 Å². The van der Waals surface area contributed by atoms with Crippen molar-refractivity contribution in [1.29, 1.82) is 0 Å². The van der Waals surface area contributed by atoms with E-state index in [0.29, 0.717) is 47.3 Å². The minimum absolute atomic E-state index is 0.154. The highest BCUT2D eigenvalue weighted by molar-refractivity contribution is 7.92. The summed E-state index contributed by atoms with van der Waals surface area (Å²) in [5.74, 6) is 0.918. The molecule has 0 atom stereocenters. The van der Waals surface area contributed by atoms with Gasteiger partial charge in [0.25, 0.3) is 21.6 Å². The molecule has 0 spiro atoms. The summed E-state index contributed by atoms with van der Waals surface area (Å²) in [7, 11) is -2.93. The normalized spacial score (nSPS) is 12.9. The first-order valence-corrected chi connectivity index (χ1v) is 13.2. The monoisotopic (exact) mass is 554 g/mol. The van der Waals surface area contributed by atoms with Gasteiger partial charge in [-0.05, 0) is 62.4 Å². The third kappa shape index (κ3) is 6.09. The summed E-state index contributed by atoms with van der Waals surface area (Å²) in [5.41, 5.74) is 3.61. The van der Waals surface area contributed by atoms with Crippen LogP contribution in [0.25, 0.3) is 0 Å². The average Bonchev–Trinajstić information content (AvgIpc) is 2.94. The van der Waals surface area contributed by atoms with Crippen LogP contribution in [0.3, 0.4) is 0 Å². The van der Waals surface area contributed by atoms with Crippen molar-refractivity contribution in [2.45, 2.75) is 18.7 Å². The number of fused-ring (bicyclic) bond motifs is 1. The molecule has 12 nitrogen and oxygen atoms in total. The van der Waals surface area contributed by atoms with Crippen LogP contribution in [-0.2, 0) is 14.8 Å². The average molecular weight is 555 g/mol. The number of benzene rings is 3. The van der Waals surface area contributed by atoms with Crippen LogP contribution < -0.4 is 23.9 Å². The predicted molar refractivity (Wildman–Crippen MR) is 143 cm³/mol. The number of methoxy groups -OCH3 is 1. The van der Waals surface area contributed by atoms with Crippen molar-refractivity contribution in [2.24, 2.45) is 5.10 Å². The number of anilines is 1. The van der Waals surface area contributed by atoms with Gasteiger partial charge >= 0.3 is 0 Å². The van der Waals surface area contributed by atoms with E-state index in [2.05, 4.69) is 10.5 Å². The molecule has 1 aliphatic rings. The summed E-state index contributed by atoms with van der Waals surface area (Å²) in [4.78, 5) is 23.4. The number of nitro benzene ring substituents is 1. The molecule has 0 bridgehead atoms. The van der Waals surface area contributed by atoms with Gasteiger partial charge < -0.3 is 14.2 Å². The molecule has 3 aromatic carbocycles. The number of rotatable bonds is 9. The molecule has 0 radical (unpaired) electrons. The lowest BCUT2D eigenvalue weighted by Crippen LogP contribution is -2.39. The highest BCUT2D eigenvalue weighted by Gasteiger charge is 2.29. The summed E-state index contributed by atoms with van der Waals surface area (Å²) >= 11 is 0. The van der Waals surface area contributed by atoms with Crippen LogP contribution in [0.5, 0.6) is 17.2 Å². The SMILES string of the molecule is COc1ccc(N(CC(=O)N/N=C(/C)c2ccc3c(c2)OCCO3)S(=O)(=O)c2ccc(C)c([N+](=O)[O-])c2)cc1. The van der Waals surface area contributed by atoms with Gasteiger partial charge in [-0.3, -0.25) is 19.2 Å². The number of aryl methyl sites for hydroxylation is 1. The first kappa shape index (κ1) is 27.4. The van der Waals surface area contributed by atoms with Crippen LogP contribution in [0.1, 0.15) is 18.1 Å². The van der Waals surface area contributed by atoms with Gasteiger partial charge in [-0.15, -0.1) is 0 Å². The van der Waals surface area contributed by atoms with Gasteiger partial charge in [-0.1, -0.05) is 6.07 Å². The second kappa shape index (κ2) is 11.4. The maximum absolute atomic E-state index is 13.6. The van der Waals surface area contributed by atoms with Crippen LogP contribution in [0.15, 0.2) is 70.7 Å². The van der Waals surface area contributed by atoms with Crippen molar-refractivity contribution >= 4 is 33.0 Å². The largest absolute Gasteiger partial charge is 0.497 e. The van der Waals surface area contributed by atoms with E-state index in [-0.39, 0.29) is 16.3 Å². The molecule has 1 amide bonds. The van der Waals surface area contributed by atoms with Crippen molar-refractivity contribution in [1.82, 2.24) is 5.43 Å². The second-order valence-corrected chi connectivity index (χ2v) is 10.4. The van der Waals surface area contributed by atoms with Crippen molar-refractivity contribution in [3.63, 3.8) is 0 Å². The van der Waals surface area contributed by atoms with E-state index >= 15 is 0 Å². The molecule has 1 heterocycles. The lowest BCUT2D eigenvalue weighted by Gasteiger charge is -2.24. The molecule has 1 aliphatic heterocycles. The Labute approximate surface area is 225 Å². The van der Waals surface area contributed by atoms with E-state index in [4.69, 9.17) is 14.2 Å². The number of hydrazone groups is 1. The number of sulfonamides is 1. The molecule has 0 fully saturated rings. The Kier molecular flexibility index (Phi) is 8.00. The van der Waals surface area contributed by atoms with Gasteiger partial charge in [0.1, 0.15) is 25.5 Å². The molecule has 0 aromatic heterocycles. The zero-order chi connectivity index (χ0) is 28.2. The minimum atomic E-state index is -4.39. The minimum Gasteiger partial charge on any atom is -0.497 e. The zero-order valence-electron chi connectivity index (χ0n) is 21.4. The molecule has 0 aliphatic carbocycles. The summed E-state index contributed by atoms with van der Waals surface area (Å²) in [5, 5.41) is 15.5. The third-order valence-electron chi connectivity index (χ3n) is 5.92. The van der Waals surface area contributed by atoms with Crippen LogP contribution in [0.4, 0.5) is 11.4 Å². The quantitative estimate of drug-likeness (QED) is 0.240. The van der Waals surface area contributed by atoms with E-state index in [9.17, 15) is 23.3 Å². The highest BCUT2D eigenvalue weighted by atomic mass is 32.2. The van der Waals surface area contributed by atoms with Crippen molar-refractivity contribution in [3.8, 4) is 17.2 Å². The van der Waals surface area contributed by atoms with E-state index < -0.39 is 27.4 Å². The summed E-state index contributed by atoms with van der Waals surface area (Å²) < 4.78 is 44.3. The molecular formula is C26H26N4O8S. The lowest BCUT2D eigenvalue weighted by molar-refractivity contribution is -0.385. The summed E-state index contributed by atoms with van der Waals surface area (Å²) in [6.45, 7) is 3.41. The summed E-state index contributed by atoms with van der Waals surface area (Å²) in [6.07, 6.45) is 0. The molecular weight excluding hydrogens is 528 g/mol. The molecule has 204 valence electrons. The molecule has 1 N–H and O–H groups in total. The Hall–Kier alpha value is -4.65. The maximum atomic E-state index is 13.6. The number of hydrogen-bond donors (Lipinski definition) is 1. The Morgan fingerprint density at radius 3 is 2.44 bits per heavy atom. The molecule has 0 saturated heterocycles. The van der Waals surface area contributed by atoms with Crippen molar-refractivity contribution < 1.29 is 32.3 Å². The number of hydrogen-bond acceptors (Lipinski definition) is 9. The van der Waals surface area contributed by atoms with Gasteiger partial charge in [0, 0.05) is 17.2 Å². The molecule has 4 rings (SSSR count). The Bertz CT molecular complexity index is 1540. The number of nitrogens with one attached hydrogen (secondary N) is 1. The fourth-order valence-corrected chi connectivity index (χ4v) is 5.22.